The van der Waals surface area contributed by atoms with Gasteiger partial charge in [-0.05, 0) is 110 Å². The standard InChI is InChI=1S/C26H25Cl2FN4/c1-15(31-25-22-13-18(27)6-8-24(22)32-26(28)33-25)12-16-2-4-17(5-3-16)20-10-11-30-23-9-7-19(29)14-21(20)23/h6-11,13-17H,2-5,12H2,1H3,(H,31,32,33). The predicted molar refractivity (Wildman–Crippen MR) is 134 cm³/mol. The molecule has 0 aliphatic heterocycles. The van der Waals surface area contributed by atoms with Crippen molar-refractivity contribution in [2.24, 2.45) is 5.92 Å². The van der Waals surface area contributed by atoms with E-state index < -0.39 is 0 Å². The summed E-state index contributed by atoms with van der Waals surface area (Å²) in [5, 5.41) is 6.22. The lowest BCUT2D eigenvalue weighted by Crippen LogP contribution is -2.23. The fourth-order valence-corrected chi connectivity index (χ4v) is 5.53. The van der Waals surface area contributed by atoms with E-state index in [1.54, 1.807) is 18.2 Å². The van der Waals surface area contributed by atoms with E-state index >= 15 is 0 Å². The zero-order chi connectivity index (χ0) is 22.9. The lowest BCUT2D eigenvalue weighted by Gasteiger charge is -2.31. The lowest BCUT2D eigenvalue weighted by molar-refractivity contribution is 0.302. The van der Waals surface area contributed by atoms with Gasteiger partial charge in [-0.2, -0.15) is 0 Å². The Morgan fingerprint density at radius 2 is 1.76 bits per heavy atom. The second-order valence-corrected chi connectivity index (χ2v) is 9.84. The molecule has 170 valence electrons. The van der Waals surface area contributed by atoms with Crippen LogP contribution in [0.1, 0.15) is 50.5 Å². The lowest BCUT2D eigenvalue weighted by atomic mass is 9.76. The maximum atomic E-state index is 13.9. The number of anilines is 1. The molecule has 4 aromatic rings. The molecule has 33 heavy (non-hydrogen) atoms. The number of hydrogen-bond acceptors (Lipinski definition) is 4. The number of aromatic nitrogens is 3. The van der Waals surface area contributed by atoms with E-state index in [1.807, 2.05) is 18.3 Å². The summed E-state index contributed by atoms with van der Waals surface area (Å²) in [5.74, 6) is 1.59. The molecule has 1 fully saturated rings. The van der Waals surface area contributed by atoms with Gasteiger partial charge in [0.25, 0.3) is 0 Å². The van der Waals surface area contributed by atoms with Gasteiger partial charge in [0.1, 0.15) is 11.6 Å². The summed E-state index contributed by atoms with van der Waals surface area (Å²) in [4.78, 5) is 13.1. The minimum atomic E-state index is -0.205. The molecule has 2 aromatic carbocycles. The number of nitrogens with one attached hydrogen (secondary N) is 1. The summed E-state index contributed by atoms with van der Waals surface area (Å²) < 4.78 is 13.9. The Balaban J connectivity index is 1.25. The van der Waals surface area contributed by atoms with Gasteiger partial charge in [-0.1, -0.05) is 11.6 Å². The van der Waals surface area contributed by atoms with Crippen LogP contribution in [0.4, 0.5) is 10.2 Å². The minimum absolute atomic E-state index is 0.205. The van der Waals surface area contributed by atoms with E-state index in [4.69, 9.17) is 23.2 Å². The van der Waals surface area contributed by atoms with Crippen molar-refractivity contribution in [3.8, 4) is 0 Å². The molecule has 5 rings (SSSR count). The van der Waals surface area contributed by atoms with Gasteiger partial charge in [0.2, 0.25) is 5.28 Å². The zero-order valence-corrected chi connectivity index (χ0v) is 19.9. The molecule has 1 saturated carbocycles. The van der Waals surface area contributed by atoms with Gasteiger partial charge in [0.05, 0.1) is 11.0 Å². The van der Waals surface area contributed by atoms with E-state index in [1.165, 1.54) is 11.6 Å². The van der Waals surface area contributed by atoms with Gasteiger partial charge in [-0.3, -0.25) is 4.98 Å². The first-order valence-electron chi connectivity index (χ1n) is 11.4. The molecule has 0 radical (unpaired) electrons. The summed E-state index contributed by atoms with van der Waals surface area (Å²) >= 11 is 12.3. The summed E-state index contributed by atoms with van der Waals surface area (Å²) in [7, 11) is 0. The second-order valence-electron chi connectivity index (χ2n) is 9.06. The molecule has 1 N–H and O–H groups in total. The maximum Gasteiger partial charge on any atom is 0.224 e. The van der Waals surface area contributed by atoms with E-state index in [0.717, 1.165) is 59.7 Å². The van der Waals surface area contributed by atoms with Gasteiger partial charge < -0.3 is 5.32 Å². The maximum absolute atomic E-state index is 13.9. The normalized spacial score (nSPS) is 19.6. The highest BCUT2D eigenvalue weighted by Gasteiger charge is 2.25. The van der Waals surface area contributed by atoms with Gasteiger partial charge in [0, 0.05) is 28.0 Å². The van der Waals surface area contributed by atoms with Crippen LogP contribution in [0.5, 0.6) is 0 Å². The predicted octanol–water partition coefficient (Wildman–Crippen LogP) is 7.79. The van der Waals surface area contributed by atoms with Crippen LogP contribution in [-0.4, -0.2) is 21.0 Å². The van der Waals surface area contributed by atoms with Crippen LogP contribution < -0.4 is 5.32 Å². The molecule has 2 heterocycles. The number of rotatable bonds is 5. The molecule has 0 spiro atoms. The number of hydrogen-bond donors (Lipinski definition) is 1. The van der Waals surface area contributed by atoms with Gasteiger partial charge in [-0.25, -0.2) is 14.4 Å². The fourth-order valence-electron chi connectivity index (χ4n) is 5.18. The van der Waals surface area contributed by atoms with Crippen molar-refractivity contribution < 1.29 is 4.39 Å². The third-order valence-electron chi connectivity index (χ3n) is 6.72. The van der Waals surface area contributed by atoms with Crippen LogP contribution in [0.3, 0.4) is 0 Å². The molecular weight excluding hydrogens is 458 g/mol. The van der Waals surface area contributed by atoms with Crippen molar-refractivity contribution in [2.75, 3.05) is 5.32 Å². The highest BCUT2D eigenvalue weighted by Crippen LogP contribution is 2.40. The Labute approximate surface area is 202 Å². The molecule has 0 bridgehead atoms. The summed E-state index contributed by atoms with van der Waals surface area (Å²) in [6, 6.07) is 12.7. The SMILES string of the molecule is CC(CC1CCC(c2ccnc3ccc(F)cc23)CC1)Nc1nc(Cl)nc2ccc(Cl)cc12. The van der Waals surface area contributed by atoms with Crippen molar-refractivity contribution in [2.45, 2.75) is 51.0 Å². The van der Waals surface area contributed by atoms with Gasteiger partial charge >= 0.3 is 0 Å². The average molecular weight is 483 g/mol. The van der Waals surface area contributed by atoms with E-state index in [9.17, 15) is 4.39 Å². The van der Waals surface area contributed by atoms with Crippen molar-refractivity contribution in [1.29, 1.82) is 0 Å². The Hall–Kier alpha value is -2.50. The van der Waals surface area contributed by atoms with E-state index in [0.29, 0.717) is 16.9 Å². The monoisotopic (exact) mass is 482 g/mol. The molecule has 0 saturated heterocycles. The van der Waals surface area contributed by atoms with Crippen molar-refractivity contribution in [1.82, 2.24) is 15.0 Å². The topological polar surface area (TPSA) is 50.7 Å². The Kier molecular flexibility index (Phi) is 6.35. The second kappa shape index (κ2) is 9.40. The quantitative estimate of drug-likeness (QED) is 0.295. The first-order chi connectivity index (χ1) is 16.0. The molecule has 2 aromatic heterocycles. The summed E-state index contributed by atoms with van der Waals surface area (Å²) in [5.41, 5.74) is 2.86. The molecule has 1 unspecified atom stereocenters. The molecule has 0 amide bonds. The highest BCUT2D eigenvalue weighted by molar-refractivity contribution is 6.31. The molecule has 4 nitrogen and oxygen atoms in total. The van der Waals surface area contributed by atoms with Crippen molar-refractivity contribution in [3.63, 3.8) is 0 Å². The third kappa shape index (κ3) is 4.90. The van der Waals surface area contributed by atoms with Crippen molar-refractivity contribution in [3.05, 3.63) is 70.3 Å². The van der Waals surface area contributed by atoms with Crippen LogP contribution in [0.15, 0.2) is 48.7 Å². The molecule has 1 atom stereocenters. The molecule has 1 aliphatic carbocycles. The summed E-state index contributed by atoms with van der Waals surface area (Å²) in [6.07, 6.45) is 7.38. The van der Waals surface area contributed by atoms with E-state index in [-0.39, 0.29) is 17.1 Å². The molecular formula is C26H25Cl2FN4. The number of nitrogens with zero attached hydrogens (tertiary/aromatic N) is 3. The molecule has 7 heteroatoms. The third-order valence-corrected chi connectivity index (χ3v) is 7.13. The fraction of sp³-hybridized carbons (Fsp3) is 0.346. The molecule has 1 aliphatic rings. The number of benzene rings is 2. The van der Waals surface area contributed by atoms with Crippen LogP contribution >= 0.6 is 23.2 Å². The number of halogens is 3. The zero-order valence-electron chi connectivity index (χ0n) is 18.4. The van der Waals surface area contributed by atoms with Crippen molar-refractivity contribution >= 4 is 50.8 Å². The smallest absolute Gasteiger partial charge is 0.224 e. The Bertz CT molecular complexity index is 1300. The van der Waals surface area contributed by atoms with Crippen LogP contribution in [0, 0.1) is 11.7 Å². The first-order valence-corrected chi connectivity index (χ1v) is 12.2. The van der Waals surface area contributed by atoms with Crippen LogP contribution in [-0.2, 0) is 0 Å². The Morgan fingerprint density at radius 1 is 0.970 bits per heavy atom. The highest BCUT2D eigenvalue weighted by atomic mass is 35.5. The van der Waals surface area contributed by atoms with E-state index in [2.05, 4.69) is 33.3 Å². The Morgan fingerprint density at radius 3 is 2.58 bits per heavy atom. The summed E-state index contributed by atoms with van der Waals surface area (Å²) in [6.45, 7) is 2.18. The number of fused-ring (bicyclic) bond motifs is 2. The van der Waals surface area contributed by atoms with Crippen LogP contribution in [0.2, 0.25) is 10.3 Å². The number of pyridine rings is 1. The first kappa shape index (κ1) is 22.3. The minimum Gasteiger partial charge on any atom is -0.367 e. The average Bonchev–Trinajstić information content (AvgIpc) is 2.79. The van der Waals surface area contributed by atoms with Gasteiger partial charge in [-0.15, -0.1) is 0 Å². The largest absolute Gasteiger partial charge is 0.367 e. The van der Waals surface area contributed by atoms with Gasteiger partial charge in [0.15, 0.2) is 0 Å². The van der Waals surface area contributed by atoms with Crippen LogP contribution in [0.25, 0.3) is 21.8 Å².